The van der Waals surface area contributed by atoms with Crippen LogP contribution in [0.5, 0.6) is 0 Å². The molecule has 0 rings (SSSR count). The van der Waals surface area contributed by atoms with Crippen molar-refractivity contribution in [3.63, 3.8) is 0 Å². The first-order valence-electron chi connectivity index (χ1n) is 3.12. The van der Waals surface area contributed by atoms with Crippen molar-refractivity contribution < 1.29 is 17.0 Å². The Labute approximate surface area is 63.2 Å². The van der Waals surface area contributed by atoms with Crippen LogP contribution in [0.4, 0.5) is 0 Å². The van der Waals surface area contributed by atoms with Crippen molar-refractivity contribution in [1.29, 1.82) is 0 Å². The minimum Gasteiger partial charge on any atom is -1.00 e. The van der Waals surface area contributed by atoms with Crippen LogP contribution in [0.15, 0.2) is 0 Å². The summed E-state index contributed by atoms with van der Waals surface area (Å²) in [7, 11) is 0. The van der Waals surface area contributed by atoms with E-state index >= 15 is 0 Å². The Kier molecular flexibility index (Phi) is 10.3. The monoisotopic (exact) mass is 150 g/mol. The molecule has 0 unspecified atom stereocenters. The van der Waals surface area contributed by atoms with Crippen molar-refractivity contribution in [2.24, 2.45) is 5.73 Å². The van der Waals surface area contributed by atoms with Gasteiger partial charge in [0.25, 0.3) is 0 Å². The van der Waals surface area contributed by atoms with Crippen molar-refractivity contribution >= 4 is 6.21 Å². The largest absolute Gasteiger partial charge is 1.00 e. The third kappa shape index (κ3) is 5.80. The highest BCUT2D eigenvalue weighted by molar-refractivity contribution is 5.53. The minimum atomic E-state index is 0. The average molecular weight is 151 g/mol. The quantitative estimate of drug-likeness (QED) is 0.339. The Hall–Kier alpha value is -0.0800. The minimum absolute atomic E-state index is 0. The molecular formula is C6H15ClN2. The first-order valence-corrected chi connectivity index (χ1v) is 3.12. The van der Waals surface area contributed by atoms with Crippen LogP contribution >= 0.6 is 0 Å². The lowest BCUT2D eigenvalue weighted by Crippen LogP contribution is -3.00. The maximum absolute atomic E-state index is 5.28. The van der Waals surface area contributed by atoms with Crippen LogP contribution in [0.2, 0.25) is 0 Å². The van der Waals surface area contributed by atoms with Gasteiger partial charge in [0.05, 0.1) is 6.54 Å². The maximum atomic E-state index is 5.28. The van der Waals surface area contributed by atoms with Crippen molar-refractivity contribution in [2.75, 3.05) is 19.6 Å². The SMILES string of the molecule is CC[N+](=CCN)CC.[Cl-]. The molecule has 0 aromatic rings. The van der Waals surface area contributed by atoms with E-state index in [2.05, 4.69) is 18.4 Å². The molecule has 0 fully saturated rings. The summed E-state index contributed by atoms with van der Waals surface area (Å²) < 4.78 is 2.18. The van der Waals surface area contributed by atoms with Crippen LogP contribution in [0.3, 0.4) is 0 Å². The zero-order chi connectivity index (χ0) is 6.41. The van der Waals surface area contributed by atoms with Gasteiger partial charge in [-0.2, -0.15) is 0 Å². The molecule has 0 aromatic heterocycles. The van der Waals surface area contributed by atoms with E-state index in [0.29, 0.717) is 6.54 Å². The van der Waals surface area contributed by atoms with Crippen LogP contribution in [0.1, 0.15) is 13.8 Å². The zero-order valence-electron chi connectivity index (χ0n) is 6.10. The summed E-state index contributed by atoms with van der Waals surface area (Å²) in [5, 5.41) is 0. The normalized spacial score (nSPS) is 7.89. The van der Waals surface area contributed by atoms with Gasteiger partial charge in [-0.15, -0.1) is 0 Å². The molecule has 0 radical (unpaired) electrons. The van der Waals surface area contributed by atoms with Gasteiger partial charge in [-0.1, -0.05) is 0 Å². The van der Waals surface area contributed by atoms with Gasteiger partial charge in [0.2, 0.25) is 0 Å². The molecule has 0 aromatic carbocycles. The molecule has 0 saturated heterocycles. The molecular weight excluding hydrogens is 136 g/mol. The first kappa shape index (κ1) is 11.7. The van der Waals surface area contributed by atoms with Crippen LogP contribution < -0.4 is 18.1 Å². The van der Waals surface area contributed by atoms with Gasteiger partial charge in [-0.25, -0.2) is 4.58 Å². The molecule has 0 aliphatic rings. The molecule has 2 N–H and O–H groups in total. The summed E-state index contributed by atoms with van der Waals surface area (Å²) in [5.74, 6) is 0. The molecule has 0 atom stereocenters. The van der Waals surface area contributed by atoms with Gasteiger partial charge in [0.15, 0.2) is 6.21 Å². The predicted molar refractivity (Wildman–Crippen MR) is 36.5 cm³/mol. The van der Waals surface area contributed by atoms with E-state index in [1.165, 1.54) is 0 Å². The van der Waals surface area contributed by atoms with Crippen LogP contribution in [0, 0.1) is 0 Å². The van der Waals surface area contributed by atoms with Crippen molar-refractivity contribution in [3.8, 4) is 0 Å². The Morgan fingerprint density at radius 2 is 1.78 bits per heavy atom. The molecule has 56 valence electrons. The summed E-state index contributed by atoms with van der Waals surface area (Å²) in [5.41, 5.74) is 5.28. The van der Waals surface area contributed by atoms with E-state index in [1.54, 1.807) is 0 Å². The summed E-state index contributed by atoms with van der Waals surface area (Å²) in [6, 6.07) is 0. The summed E-state index contributed by atoms with van der Waals surface area (Å²) in [6.07, 6.45) is 2.01. The Balaban J connectivity index is 0. The topological polar surface area (TPSA) is 29.0 Å². The predicted octanol–water partition coefficient (Wildman–Crippen LogP) is -2.93. The van der Waals surface area contributed by atoms with E-state index in [1.807, 2.05) is 6.21 Å². The van der Waals surface area contributed by atoms with Crippen LogP contribution in [0.25, 0.3) is 0 Å². The lowest BCUT2D eigenvalue weighted by molar-refractivity contribution is -0.516. The third-order valence-corrected chi connectivity index (χ3v) is 1.18. The van der Waals surface area contributed by atoms with Crippen LogP contribution in [-0.4, -0.2) is 30.4 Å². The van der Waals surface area contributed by atoms with E-state index < -0.39 is 0 Å². The van der Waals surface area contributed by atoms with E-state index in [0.717, 1.165) is 13.1 Å². The number of nitrogens with two attached hydrogens (primary N) is 1. The van der Waals surface area contributed by atoms with Crippen molar-refractivity contribution in [3.05, 3.63) is 0 Å². The molecule has 9 heavy (non-hydrogen) atoms. The van der Waals surface area contributed by atoms with Gasteiger partial charge < -0.3 is 18.1 Å². The van der Waals surface area contributed by atoms with Gasteiger partial charge >= 0.3 is 0 Å². The molecule has 0 saturated carbocycles. The smallest absolute Gasteiger partial charge is 0.153 e. The number of nitrogens with zero attached hydrogens (tertiary/aromatic N) is 1. The Morgan fingerprint density at radius 3 is 1.89 bits per heavy atom. The second kappa shape index (κ2) is 7.92. The summed E-state index contributed by atoms with van der Waals surface area (Å²) >= 11 is 0. The standard InChI is InChI=1S/C6H15N2.ClH/c1-3-8(4-2)6-5-7;/h6H,3-5,7H2,1-2H3;1H/q+1;/p-1. The van der Waals surface area contributed by atoms with Gasteiger partial charge in [0.1, 0.15) is 13.1 Å². The fraction of sp³-hybridized carbons (Fsp3) is 0.833. The third-order valence-electron chi connectivity index (χ3n) is 1.18. The van der Waals surface area contributed by atoms with E-state index in [4.69, 9.17) is 5.73 Å². The molecule has 2 nitrogen and oxygen atoms in total. The maximum Gasteiger partial charge on any atom is 0.153 e. The molecule has 0 aliphatic carbocycles. The molecule has 0 aliphatic heterocycles. The lowest BCUT2D eigenvalue weighted by Gasteiger charge is -1.92. The van der Waals surface area contributed by atoms with Crippen molar-refractivity contribution in [1.82, 2.24) is 0 Å². The van der Waals surface area contributed by atoms with Crippen molar-refractivity contribution in [2.45, 2.75) is 13.8 Å². The molecule has 3 heteroatoms. The fourth-order valence-electron chi connectivity index (χ4n) is 0.631. The summed E-state index contributed by atoms with van der Waals surface area (Å²) in [6.45, 7) is 7.02. The highest BCUT2D eigenvalue weighted by Crippen LogP contribution is 1.68. The molecule has 0 heterocycles. The van der Waals surface area contributed by atoms with E-state index in [-0.39, 0.29) is 12.4 Å². The molecule has 0 amide bonds. The number of hydrogen-bond acceptors (Lipinski definition) is 1. The van der Waals surface area contributed by atoms with Gasteiger partial charge in [0, 0.05) is 0 Å². The highest BCUT2D eigenvalue weighted by atomic mass is 35.5. The number of hydrogen-bond donors (Lipinski definition) is 1. The second-order valence-corrected chi connectivity index (χ2v) is 1.64. The second-order valence-electron chi connectivity index (χ2n) is 1.64. The Bertz CT molecular complexity index is 75.1. The molecule has 0 bridgehead atoms. The number of halogens is 1. The van der Waals surface area contributed by atoms with Crippen LogP contribution in [-0.2, 0) is 0 Å². The number of rotatable bonds is 3. The van der Waals surface area contributed by atoms with Gasteiger partial charge in [-0.05, 0) is 13.8 Å². The average Bonchev–Trinajstić information content (AvgIpc) is 1.83. The first-order chi connectivity index (χ1) is 3.85. The summed E-state index contributed by atoms with van der Waals surface area (Å²) in [4.78, 5) is 0. The lowest BCUT2D eigenvalue weighted by atomic mass is 10.6. The fourth-order valence-corrected chi connectivity index (χ4v) is 0.631. The molecule has 0 spiro atoms. The Morgan fingerprint density at radius 1 is 1.33 bits per heavy atom. The van der Waals surface area contributed by atoms with E-state index in [9.17, 15) is 0 Å². The zero-order valence-corrected chi connectivity index (χ0v) is 6.86. The van der Waals surface area contributed by atoms with Gasteiger partial charge in [-0.3, -0.25) is 0 Å². The highest BCUT2D eigenvalue weighted by Gasteiger charge is 1.89.